The lowest BCUT2D eigenvalue weighted by atomic mass is 10.1. The van der Waals surface area contributed by atoms with Crippen LogP contribution >= 0.6 is 0 Å². The van der Waals surface area contributed by atoms with Gasteiger partial charge in [0.25, 0.3) is 5.91 Å². The minimum atomic E-state index is -0.150. The molecule has 3 N–H and O–H groups in total. The second-order valence-electron chi connectivity index (χ2n) is 8.34. The maximum atomic E-state index is 12.6. The molecule has 0 radical (unpaired) electrons. The lowest BCUT2D eigenvalue weighted by Crippen LogP contribution is -2.23. The van der Waals surface area contributed by atoms with E-state index in [0.29, 0.717) is 24.5 Å². The van der Waals surface area contributed by atoms with Crippen molar-refractivity contribution in [1.29, 1.82) is 0 Å². The monoisotopic (exact) mass is 418 g/mol. The largest absolute Gasteiger partial charge is 0.384 e. The molecule has 0 atom stereocenters. The first-order valence-electron chi connectivity index (χ1n) is 10.8. The quantitative estimate of drug-likeness (QED) is 0.616. The van der Waals surface area contributed by atoms with E-state index in [-0.39, 0.29) is 5.91 Å². The van der Waals surface area contributed by atoms with E-state index < -0.39 is 0 Å². The Kier molecular flexibility index (Phi) is 6.32. The molecule has 1 aromatic carbocycles. The van der Waals surface area contributed by atoms with E-state index in [4.69, 9.17) is 5.73 Å². The van der Waals surface area contributed by atoms with E-state index in [0.717, 1.165) is 23.4 Å². The van der Waals surface area contributed by atoms with Crippen LogP contribution in [-0.4, -0.2) is 38.7 Å². The van der Waals surface area contributed by atoms with Gasteiger partial charge in [0.2, 0.25) is 0 Å². The normalized spacial score (nSPS) is 14.1. The minimum absolute atomic E-state index is 0.150. The number of likely N-dealkylation sites (tertiary alicyclic amines) is 1. The van der Waals surface area contributed by atoms with E-state index in [1.807, 2.05) is 19.9 Å². The topological polar surface area (TPSA) is 89.1 Å². The highest BCUT2D eigenvalue weighted by Crippen LogP contribution is 2.15. The molecule has 2 aromatic heterocycles. The first-order chi connectivity index (χ1) is 15.0. The summed E-state index contributed by atoms with van der Waals surface area (Å²) in [6, 6.07) is 10.5. The molecule has 162 valence electrons. The van der Waals surface area contributed by atoms with Crippen LogP contribution in [-0.2, 0) is 19.6 Å². The molecule has 0 aliphatic carbocycles. The van der Waals surface area contributed by atoms with Crippen molar-refractivity contribution < 1.29 is 4.79 Å². The molecule has 0 bridgehead atoms. The van der Waals surface area contributed by atoms with Gasteiger partial charge >= 0.3 is 0 Å². The third-order valence-corrected chi connectivity index (χ3v) is 5.87. The third-order valence-electron chi connectivity index (χ3n) is 5.87. The predicted octanol–water partition coefficient (Wildman–Crippen LogP) is 3.05. The summed E-state index contributed by atoms with van der Waals surface area (Å²) in [5.41, 5.74) is 11.7. The van der Waals surface area contributed by atoms with Crippen molar-refractivity contribution in [3.63, 3.8) is 0 Å². The fourth-order valence-electron chi connectivity index (χ4n) is 4.13. The third kappa shape index (κ3) is 5.30. The standard InChI is InChI=1S/C24H30N6O/c1-17-11-23(25)28-18(2)22(17)13-26-24(31)21-12-27-30(16-21)15-20-7-5-19(6-8-20)14-29-9-3-4-10-29/h5-8,11-12,16H,3-4,9-10,13-15H2,1-2H3,(H2,25,28)(H,26,31). The molecular formula is C24H30N6O. The number of amides is 1. The van der Waals surface area contributed by atoms with E-state index in [1.54, 1.807) is 17.1 Å². The number of hydrogen-bond acceptors (Lipinski definition) is 5. The van der Waals surface area contributed by atoms with E-state index >= 15 is 0 Å². The SMILES string of the molecule is Cc1cc(N)nc(C)c1CNC(=O)c1cnn(Cc2ccc(CN3CCCC3)cc2)c1. The number of anilines is 1. The summed E-state index contributed by atoms with van der Waals surface area (Å²) in [4.78, 5) is 19.3. The first-order valence-corrected chi connectivity index (χ1v) is 10.8. The summed E-state index contributed by atoms with van der Waals surface area (Å²) < 4.78 is 1.80. The molecule has 0 unspecified atom stereocenters. The van der Waals surface area contributed by atoms with Crippen molar-refractivity contribution in [2.45, 2.75) is 46.3 Å². The fraction of sp³-hybridized carbons (Fsp3) is 0.375. The average molecular weight is 419 g/mol. The summed E-state index contributed by atoms with van der Waals surface area (Å²) in [5, 5.41) is 7.32. The lowest BCUT2D eigenvalue weighted by Gasteiger charge is -2.14. The van der Waals surface area contributed by atoms with E-state index in [2.05, 4.69) is 44.6 Å². The molecule has 1 saturated heterocycles. The molecule has 3 heterocycles. The molecule has 0 saturated carbocycles. The predicted molar refractivity (Wildman–Crippen MR) is 122 cm³/mol. The van der Waals surface area contributed by atoms with Crippen LogP contribution in [0.5, 0.6) is 0 Å². The minimum Gasteiger partial charge on any atom is -0.384 e. The number of aromatic nitrogens is 3. The van der Waals surface area contributed by atoms with Crippen molar-refractivity contribution in [2.24, 2.45) is 0 Å². The highest BCUT2D eigenvalue weighted by Gasteiger charge is 2.13. The number of nitrogens with two attached hydrogens (primary N) is 1. The average Bonchev–Trinajstić information content (AvgIpc) is 3.41. The van der Waals surface area contributed by atoms with Gasteiger partial charge in [-0.05, 0) is 68.1 Å². The zero-order valence-electron chi connectivity index (χ0n) is 18.3. The highest BCUT2D eigenvalue weighted by molar-refractivity contribution is 5.93. The van der Waals surface area contributed by atoms with Crippen molar-refractivity contribution in [3.8, 4) is 0 Å². The number of benzene rings is 1. The zero-order chi connectivity index (χ0) is 21.8. The number of aryl methyl sites for hydroxylation is 2. The first kappa shape index (κ1) is 21.1. The van der Waals surface area contributed by atoms with E-state index in [1.165, 1.54) is 37.1 Å². The summed E-state index contributed by atoms with van der Waals surface area (Å²) in [6.45, 7) is 8.35. The number of nitrogens with one attached hydrogen (secondary N) is 1. The number of nitrogens with zero attached hydrogens (tertiary/aromatic N) is 4. The zero-order valence-corrected chi connectivity index (χ0v) is 18.3. The Morgan fingerprint density at radius 1 is 1.10 bits per heavy atom. The number of carbonyl (C=O) groups is 1. The number of rotatable bonds is 7. The van der Waals surface area contributed by atoms with Gasteiger partial charge < -0.3 is 11.1 Å². The molecule has 1 aliphatic heterocycles. The van der Waals surface area contributed by atoms with Gasteiger partial charge in [-0.2, -0.15) is 5.10 Å². The van der Waals surface area contributed by atoms with Crippen molar-refractivity contribution in [1.82, 2.24) is 25.0 Å². The molecule has 1 amide bonds. The molecule has 31 heavy (non-hydrogen) atoms. The highest BCUT2D eigenvalue weighted by atomic mass is 16.1. The van der Waals surface area contributed by atoms with Crippen LogP contribution in [0.3, 0.4) is 0 Å². The summed E-state index contributed by atoms with van der Waals surface area (Å²) in [5.74, 6) is 0.346. The molecule has 7 heteroatoms. The summed E-state index contributed by atoms with van der Waals surface area (Å²) >= 11 is 0. The van der Waals surface area contributed by atoms with Gasteiger partial charge in [-0.1, -0.05) is 24.3 Å². The Morgan fingerprint density at radius 2 is 1.77 bits per heavy atom. The summed E-state index contributed by atoms with van der Waals surface area (Å²) in [6.07, 6.45) is 6.01. The summed E-state index contributed by atoms with van der Waals surface area (Å²) in [7, 11) is 0. The van der Waals surface area contributed by atoms with Gasteiger partial charge in [-0.25, -0.2) is 4.98 Å². The van der Waals surface area contributed by atoms with Crippen LogP contribution in [0.4, 0.5) is 5.82 Å². The number of pyridine rings is 1. The fourth-order valence-corrected chi connectivity index (χ4v) is 4.13. The van der Waals surface area contributed by atoms with Crippen molar-refractivity contribution in [3.05, 3.63) is 76.2 Å². The Bertz CT molecular complexity index is 1030. The Balaban J connectivity index is 1.33. The number of hydrogen-bond donors (Lipinski definition) is 2. The Morgan fingerprint density at radius 3 is 2.45 bits per heavy atom. The van der Waals surface area contributed by atoms with E-state index in [9.17, 15) is 4.79 Å². The molecule has 1 fully saturated rings. The molecule has 4 rings (SSSR count). The van der Waals surface area contributed by atoms with Gasteiger partial charge in [0.1, 0.15) is 5.82 Å². The molecule has 1 aliphatic rings. The maximum Gasteiger partial charge on any atom is 0.254 e. The lowest BCUT2D eigenvalue weighted by molar-refractivity contribution is 0.0950. The molecule has 3 aromatic rings. The number of carbonyl (C=O) groups excluding carboxylic acids is 1. The van der Waals surface area contributed by atoms with Crippen LogP contribution in [0, 0.1) is 13.8 Å². The smallest absolute Gasteiger partial charge is 0.254 e. The van der Waals surface area contributed by atoms with Gasteiger partial charge in [-0.15, -0.1) is 0 Å². The van der Waals surface area contributed by atoms with Crippen LogP contribution in [0.2, 0.25) is 0 Å². The number of nitrogen functional groups attached to an aromatic ring is 1. The van der Waals surface area contributed by atoms with Crippen molar-refractivity contribution in [2.75, 3.05) is 18.8 Å². The molecular weight excluding hydrogens is 388 g/mol. The maximum absolute atomic E-state index is 12.6. The van der Waals surface area contributed by atoms with Crippen LogP contribution in [0.25, 0.3) is 0 Å². The molecule has 0 spiro atoms. The molecule has 7 nitrogen and oxygen atoms in total. The van der Waals surface area contributed by atoms with Gasteiger partial charge in [0.15, 0.2) is 0 Å². The van der Waals surface area contributed by atoms with Crippen molar-refractivity contribution >= 4 is 11.7 Å². The Labute approximate surface area is 183 Å². The van der Waals surface area contributed by atoms with Crippen LogP contribution < -0.4 is 11.1 Å². The Hall–Kier alpha value is -3.19. The second kappa shape index (κ2) is 9.31. The van der Waals surface area contributed by atoms with Gasteiger partial charge in [0, 0.05) is 25.0 Å². The van der Waals surface area contributed by atoms with Gasteiger partial charge in [0.05, 0.1) is 18.3 Å². The van der Waals surface area contributed by atoms with Crippen LogP contribution in [0.1, 0.15) is 51.1 Å². The second-order valence-corrected chi connectivity index (χ2v) is 8.34. The van der Waals surface area contributed by atoms with Gasteiger partial charge in [-0.3, -0.25) is 14.4 Å². The van der Waals surface area contributed by atoms with Crippen LogP contribution in [0.15, 0.2) is 42.7 Å².